The summed E-state index contributed by atoms with van der Waals surface area (Å²) in [5.74, 6) is 3.19. The van der Waals surface area contributed by atoms with Crippen molar-refractivity contribution >= 4 is 5.82 Å². The zero-order chi connectivity index (χ0) is 13.7. The van der Waals surface area contributed by atoms with E-state index in [1.807, 2.05) is 19.2 Å². The van der Waals surface area contributed by atoms with E-state index < -0.39 is 0 Å². The quantitative estimate of drug-likeness (QED) is 0.783. The first-order chi connectivity index (χ1) is 9.15. The van der Waals surface area contributed by atoms with Crippen molar-refractivity contribution in [2.45, 2.75) is 39.5 Å². The van der Waals surface area contributed by atoms with Crippen LogP contribution in [-0.2, 0) is 6.42 Å². The highest BCUT2D eigenvalue weighted by molar-refractivity contribution is 5.36. The van der Waals surface area contributed by atoms with Gasteiger partial charge in [0, 0.05) is 43.0 Å². The minimum Gasteiger partial charge on any atom is -0.370 e. The highest BCUT2D eigenvalue weighted by Crippen LogP contribution is 2.13. The van der Waals surface area contributed by atoms with E-state index in [0.29, 0.717) is 5.92 Å². The van der Waals surface area contributed by atoms with Crippen molar-refractivity contribution < 1.29 is 0 Å². The maximum atomic E-state index is 4.52. The van der Waals surface area contributed by atoms with Crippen LogP contribution in [0.4, 0.5) is 5.82 Å². The smallest absolute Gasteiger partial charge is 0.133 e. The third-order valence-electron chi connectivity index (χ3n) is 2.84. The molecule has 0 fully saturated rings. The Bertz CT molecular complexity index is 505. The highest BCUT2D eigenvalue weighted by atomic mass is 15.0. The molecule has 0 aromatic carbocycles. The number of aromatic amines is 1. The molecule has 0 aliphatic rings. The lowest BCUT2D eigenvalue weighted by atomic mass is 10.2. The lowest BCUT2D eigenvalue weighted by Crippen LogP contribution is -2.08. The van der Waals surface area contributed by atoms with Crippen LogP contribution in [0, 0.1) is 6.92 Å². The molecule has 0 atom stereocenters. The molecule has 0 saturated heterocycles. The Hall–Kier alpha value is -1.91. The Morgan fingerprint density at radius 3 is 2.84 bits per heavy atom. The van der Waals surface area contributed by atoms with Gasteiger partial charge in [-0.3, -0.25) is 0 Å². The molecule has 2 aromatic rings. The van der Waals surface area contributed by atoms with Gasteiger partial charge >= 0.3 is 0 Å². The second kappa shape index (κ2) is 6.31. The molecule has 19 heavy (non-hydrogen) atoms. The number of H-pyrrole nitrogens is 1. The third-order valence-corrected chi connectivity index (χ3v) is 2.84. The molecule has 0 unspecified atom stereocenters. The van der Waals surface area contributed by atoms with E-state index in [0.717, 1.165) is 42.5 Å². The van der Waals surface area contributed by atoms with E-state index in [2.05, 4.69) is 39.1 Å². The van der Waals surface area contributed by atoms with Crippen LogP contribution in [0.1, 0.15) is 43.5 Å². The number of imidazole rings is 1. The molecule has 0 amide bonds. The van der Waals surface area contributed by atoms with Gasteiger partial charge in [-0.15, -0.1) is 0 Å². The average Bonchev–Trinajstić information content (AvgIpc) is 2.87. The van der Waals surface area contributed by atoms with Crippen LogP contribution in [0.15, 0.2) is 18.5 Å². The summed E-state index contributed by atoms with van der Waals surface area (Å²) in [6.45, 7) is 7.10. The van der Waals surface area contributed by atoms with Crippen LogP contribution in [0.5, 0.6) is 0 Å². The molecule has 0 aliphatic heterocycles. The predicted molar refractivity (Wildman–Crippen MR) is 76.3 cm³/mol. The van der Waals surface area contributed by atoms with E-state index in [9.17, 15) is 0 Å². The van der Waals surface area contributed by atoms with Gasteiger partial charge in [0.15, 0.2) is 0 Å². The van der Waals surface area contributed by atoms with Gasteiger partial charge in [0.25, 0.3) is 0 Å². The van der Waals surface area contributed by atoms with Crippen LogP contribution >= 0.6 is 0 Å². The zero-order valence-electron chi connectivity index (χ0n) is 11.8. The molecule has 0 aliphatic carbocycles. The van der Waals surface area contributed by atoms with Crippen molar-refractivity contribution in [1.29, 1.82) is 0 Å². The number of aromatic nitrogens is 4. The maximum Gasteiger partial charge on any atom is 0.133 e. The van der Waals surface area contributed by atoms with Crippen molar-refractivity contribution in [3.63, 3.8) is 0 Å². The first-order valence-corrected chi connectivity index (χ1v) is 6.73. The fourth-order valence-electron chi connectivity index (χ4n) is 1.85. The summed E-state index contributed by atoms with van der Waals surface area (Å²) >= 11 is 0. The van der Waals surface area contributed by atoms with Crippen molar-refractivity contribution in [3.8, 4) is 0 Å². The molecule has 0 saturated carbocycles. The second-order valence-electron chi connectivity index (χ2n) is 4.97. The minimum atomic E-state index is 0.351. The Morgan fingerprint density at radius 1 is 1.32 bits per heavy atom. The number of anilines is 1. The number of nitrogens with zero attached hydrogens (tertiary/aromatic N) is 3. The average molecular weight is 259 g/mol. The summed E-state index contributed by atoms with van der Waals surface area (Å²) in [5.41, 5.74) is 1.01. The fraction of sp³-hybridized carbons (Fsp3) is 0.500. The van der Waals surface area contributed by atoms with Gasteiger partial charge in [0.1, 0.15) is 17.5 Å². The number of aryl methyl sites for hydroxylation is 2. The normalized spacial score (nSPS) is 10.9. The first kappa shape index (κ1) is 13.5. The molecular formula is C14H21N5. The Balaban J connectivity index is 1.85. The van der Waals surface area contributed by atoms with Gasteiger partial charge in [0.2, 0.25) is 0 Å². The maximum absolute atomic E-state index is 4.52. The summed E-state index contributed by atoms with van der Waals surface area (Å²) in [7, 11) is 0. The second-order valence-corrected chi connectivity index (χ2v) is 4.97. The number of nitrogens with one attached hydrogen (secondary N) is 2. The molecule has 0 spiro atoms. The summed E-state index contributed by atoms with van der Waals surface area (Å²) in [4.78, 5) is 16.3. The lowest BCUT2D eigenvalue weighted by Gasteiger charge is -2.10. The topological polar surface area (TPSA) is 66.5 Å². The minimum absolute atomic E-state index is 0.351. The van der Waals surface area contributed by atoms with Crippen LogP contribution in [-0.4, -0.2) is 26.5 Å². The molecule has 0 radical (unpaired) electrons. The highest BCUT2D eigenvalue weighted by Gasteiger charge is 2.05. The molecule has 2 N–H and O–H groups in total. The van der Waals surface area contributed by atoms with Gasteiger partial charge < -0.3 is 10.3 Å². The predicted octanol–water partition coefficient (Wildman–Crippen LogP) is 2.68. The van der Waals surface area contributed by atoms with E-state index in [1.54, 1.807) is 6.20 Å². The van der Waals surface area contributed by atoms with Gasteiger partial charge in [-0.2, -0.15) is 0 Å². The summed E-state index contributed by atoms with van der Waals surface area (Å²) in [6.07, 6.45) is 5.60. The van der Waals surface area contributed by atoms with E-state index in [-0.39, 0.29) is 0 Å². The van der Waals surface area contributed by atoms with Gasteiger partial charge in [-0.25, -0.2) is 15.0 Å². The lowest BCUT2D eigenvalue weighted by molar-refractivity contribution is 0.762. The molecule has 2 rings (SSSR count). The van der Waals surface area contributed by atoms with Crippen molar-refractivity contribution in [2.75, 3.05) is 11.9 Å². The van der Waals surface area contributed by atoms with Crippen LogP contribution < -0.4 is 5.32 Å². The van der Waals surface area contributed by atoms with E-state index in [4.69, 9.17) is 0 Å². The van der Waals surface area contributed by atoms with Gasteiger partial charge in [-0.05, 0) is 13.3 Å². The van der Waals surface area contributed by atoms with Crippen molar-refractivity contribution in [1.82, 2.24) is 19.9 Å². The molecule has 0 bridgehead atoms. The molecule has 5 nitrogen and oxygen atoms in total. The Labute approximate surface area is 113 Å². The summed E-state index contributed by atoms with van der Waals surface area (Å²) < 4.78 is 0. The summed E-state index contributed by atoms with van der Waals surface area (Å²) in [5, 5.41) is 3.35. The SMILES string of the molecule is Cc1cc(NCCCc2ncc[nH]2)nc(C(C)C)n1. The van der Waals surface area contributed by atoms with Gasteiger partial charge in [0.05, 0.1) is 0 Å². The first-order valence-electron chi connectivity index (χ1n) is 6.73. The number of hydrogen-bond donors (Lipinski definition) is 2. The van der Waals surface area contributed by atoms with Crippen LogP contribution in [0.25, 0.3) is 0 Å². The largest absolute Gasteiger partial charge is 0.370 e. The Kier molecular flexibility index (Phi) is 4.49. The zero-order valence-corrected chi connectivity index (χ0v) is 11.8. The third kappa shape index (κ3) is 4.05. The molecular weight excluding hydrogens is 238 g/mol. The van der Waals surface area contributed by atoms with Crippen molar-refractivity contribution in [3.05, 3.63) is 35.8 Å². The fourth-order valence-corrected chi connectivity index (χ4v) is 1.85. The van der Waals surface area contributed by atoms with E-state index >= 15 is 0 Å². The standard InChI is InChI=1S/C14H21N5/c1-10(2)14-18-11(3)9-13(19-14)15-6-4-5-12-16-7-8-17-12/h7-10H,4-6H2,1-3H3,(H,16,17)(H,15,18,19). The summed E-state index contributed by atoms with van der Waals surface area (Å²) in [6, 6.07) is 1.98. The molecule has 5 heteroatoms. The monoisotopic (exact) mass is 259 g/mol. The number of rotatable bonds is 6. The number of hydrogen-bond acceptors (Lipinski definition) is 4. The van der Waals surface area contributed by atoms with Gasteiger partial charge in [-0.1, -0.05) is 13.8 Å². The Morgan fingerprint density at radius 2 is 2.16 bits per heavy atom. The molecule has 2 heterocycles. The van der Waals surface area contributed by atoms with Crippen LogP contribution in [0.2, 0.25) is 0 Å². The molecule has 102 valence electrons. The molecule has 2 aromatic heterocycles. The van der Waals surface area contributed by atoms with E-state index in [1.165, 1.54) is 0 Å². The van der Waals surface area contributed by atoms with Crippen LogP contribution in [0.3, 0.4) is 0 Å². The van der Waals surface area contributed by atoms with Crippen molar-refractivity contribution in [2.24, 2.45) is 0 Å².